The number of sulfonamides is 1. The zero-order valence-corrected chi connectivity index (χ0v) is 19.2. The summed E-state index contributed by atoms with van der Waals surface area (Å²) in [6.07, 6.45) is 4.98. The van der Waals surface area contributed by atoms with Crippen LogP contribution >= 0.6 is 0 Å². The third-order valence-corrected chi connectivity index (χ3v) is 7.63. The lowest BCUT2D eigenvalue weighted by atomic mass is 10.0. The summed E-state index contributed by atoms with van der Waals surface area (Å²) in [5, 5.41) is 15.1. The summed E-state index contributed by atoms with van der Waals surface area (Å²) in [7, 11) is -0.412. The number of aryl methyl sites for hydroxylation is 1. The molecule has 1 N–H and O–H groups in total. The van der Waals surface area contributed by atoms with Crippen LogP contribution in [0.1, 0.15) is 30.3 Å². The molecule has 1 aromatic heterocycles. The van der Waals surface area contributed by atoms with Gasteiger partial charge in [0.05, 0.1) is 16.9 Å². The fraction of sp³-hybridized carbons (Fsp3) is 0.318. The van der Waals surface area contributed by atoms with E-state index in [1.165, 1.54) is 16.4 Å². The van der Waals surface area contributed by atoms with Crippen molar-refractivity contribution >= 4 is 21.4 Å². The second-order valence-corrected chi connectivity index (χ2v) is 9.70. The van der Waals surface area contributed by atoms with Crippen molar-refractivity contribution in [2.24, 2.45) is 7.05 Å². The van der Waals surface area contributed by atoms with Crippen LogP contribution in [0.3, 0.4) is 0 Å². The lowest BCUT2D eigenvalue weighted by molar-refractivity contribution is -0.384. The minimum absolute atomic E-state index is 0.0903. The van der Waals surface area contributed by atoms with Gasteiger partial charge in [-0.25, -0.2) is 13.4 Å². The zero-order chi connectivity index (χ0) is 23.6. The van der Waals surface area contributed by atoms with Gasteiger partial charge in [0.25, 0.3) is 5.69 Å². The third-order valence-electron chi connectivity index (χ3n) is 5.74. The lowest BCUT2D eigenvalue weighted by Crippen LogP contribution is -2.28. The predicted octanol–water partition coefficient (Wildman–Crippen LogP) is 3.32. The van der Waals surface area contributed by atoms with E-state index in [0.717, 1.165) is 24.5 Å². The van der Waals surface area contributed by atoms with Gasteiger partial charge in [-0.05, 0) is 31.0 Å². The Balaban J connectivity index is 1.78. The first-order valence-electron chi connectivity index (χ1n) is 10.5. The second-order valence-electron chi connectivity index (χ2n) is 7.76. The highest BCUT2D eigenvalue weighted by Crippen LogP contribution is 2.36. The van der Waals surface area contributed by atoms with Crippen LogP contribution in [0.25, 0.3) is 0 Å². The van der Waals surface area contributed by atoms with Crippen LogP contribution in [0.5, 0.6) is 5.75 Å². The number of nitro groups is 1. The highest BCUT2D eigenvalue weighted by molar-refractivity contribution is 7.89. The molecule has 0 saturated carbocycles. The van der Waals surface area contributed by atoms with E-state index in [1.54, 1.807) is 25.6 Å². The SMILES string of the molecule is COc1ccccc1[C@@H](Nc1ccc(S(=O)(=O)N2CCCC2)cc1[N+](=O)[O-])c1nccn1C. The number of imidazole rings is 1. The molecule has 10 nitrogen and oxygen atoms in total. The Kier molecular flexibility index (Phi) is 6.34. The molecule has 0 aliphatic carbocycles. The van der Waals surface area contributed by atoms with Gasteiger partial charge in [-0.1, -0.05) is 18.2 Å². The van der Waals surface area contributed by atoms with Crippen LogP contribution in [0, 0.1) is 10.1 Å². The molecule has 4 rings (SSSR count). The van der Waals surface area contributed by atoms with Crippen molar-refractivity contribution in [3.63, 3.8) is 0 Å². The lowest BCUT2D eigenvalue weighted by Gasteiger charge is -2.22. The van der Waals surface area contributed by atoms with Crippen LogP contribution in [0.15, 0.2) is 59.8 Å². The molecule has 0 radical (unpaired) electrons. The van der Waals surface area contributed by atoms with Gasteiger partial charge in [-0.2, -0.15) is 4.31 Å². The van der Waals surface area contributed by atoms with E-state index in [9.17, 15) is 18.5 Å². The topological polar surface area (TPSA) is 120 Å². The van der Waals surface area contributed by atoms with Crippen molar-refractivity contribution in [1.29, 1.82) is 0 Å². The monoisotopic (exact) mass is 471 g/mol. The molecular formula is C22H25N5O5S. The Bertz CT molecular complexity index is 1270. The Morgan fingerprint density at radius 2 is 1.91 bits per heavy atom. The first-order valence-corrected chi connectivity index (χ1v) is 11.9. The normalized spacial score (nSPS) is 15.3. The molecule has 1 atom stereocenters. The molecular weight excluding hydrogens is 446 g/mol. The Morgan fingerprint density at radius 1 is 1.18 bits per heavy atom. The van der Waals surface area contributed by atoms with E-state index >= 15 is 0 Å². The van der Waals surface area contributed by atoms with Crippen molar-refractivity contribution in [3.05, 3.63) is 76.4 Å². The molecule has 174 valence electrons. The van der Waals surface area contributed by atoms with Gasteiger partial charge >= 0.3 is 0 Å². The van der Waals surface area contributed by atoms with Gasteiger partial charge in [0, 0.05) is 44.2 Å². The summed E-state index contributed by atoms with van der Waals surface area (Å²) >= 11 is 0. The maximum Gasteiger partial charge on any atom is 0.293 e. The highest BCUT2D eigenvalue weighted by atomic mass is 32.2. The Hall–Kier alpha value is -3.44. The molecule has 1 aliphatic heterocycles. The number of rotatable bonds is 8. The number of hydrogen-bond donors (Lipinski definition) is 1. The molecule has 1 fully saturated rings. The predicted molar refractivity (Wildman–Crippen MR) is 123 cm³/mol. The first kappa shape index (κ1) is 22.7. The number of aromatic nitrogens is 2. The van der Waals surface area contributed by atoms with E-state index in [1.807, 2.05) is 29.8 Å². The van der Waals surface area contributed by atoms with Crippen molar-refractivity contribution in [2.45, 2.75) is 23.8 Å². The number of anilines is 1. The quantitative estimate of drug-likeness (QED) is 0.395. The molecule has 1 saturated heterocycles. The minimum atomic E-state index is -3.79. The first-order chi connectivity index (χ1) is 15.8. The summed E-state index contributed by atoms with van der Waals surface area (Å²) in [6.45, 7) is 0.844. The number of ether oxygens (including phenoxy) is 1. The zero-order valence-electron chi connectivity index (χ0n) is 18.3. The summed E-state index contributed by atoms with van der Waals surface area (Å²) in [4.78, 5) is 15.7. The van der Waals surface area contributed by atoms with Gasteiger partial charge < -0.3 is 14.6 Å². The average Bonchev–Trinajstić information content (AvgIpc) is 3.50. The summed E-state index contributed by atoms with van der Waals surface area (Å²) in [6, 6.07) is 10.7. The van der Waals surface area contributed by atoms with Crippen LogP contribution in [-0.2, 0) is 17.1 Å². The molecule has 0 spiro atoms. The van der Waals surface area contributed by atoms with Gasteiger partial charge in [-0.3, -0.25) is 10.1 Å². The minimum Gasteiger partial charge on any atom is -0.496 e. The van der Waals surface area contributed by atoms with E-state index in [0.29, 0.717) is 24.7 Å². The van der Waals surface area contributed by atoms with Crippen LogP contribution in [0.2, 0.25) is 0 Å². The summed E-state index contributed by atoms with van der Waals surface area (Å²) in [5.41, 5.74) is 0.584. The molecule has 11 heteroatoms. The molecule has 3 aromatic rings. The maximum atomic E-state index is 12.9. The van der Waals surface area contributed by atoms with Crippen molar-refractivity contribution in [3.8, 4) is 5.75 Å². The molecule has 33 heavy (non-hydrogen) atoms. The molecule has 2 aromatic carbocycles. The van der Waals surface area contributed by atoms with Gasteiger partial charge in [-0.15, -0.1) is 0 Å². The molecule has 1 aliphatic rings. The largest absolute Gasteiger partial charge is 0.496 e. The fourth-order valence-corrected chi connectivity index (χ4v) is 5.56. The number of benzene rings is 2. The fourth-order valence-electron chi connectivity index (χ4n) is 4.02. The number of methoxy groups -OCH3 is 1. The maximum absolute atomic E-state index is 12.9. The molecule has 0 amide bonds. The van der Waals surface area contributed by atoms with E-state index < -0.39 is 21.0 Å². The third kappa shape index (κ3) is 4.41. The number of hydrogen-bond acceptors (Lipinski definition) is 7. The van der Waals surface area contributed by atoms with Gasteiger partial charge in [0.1, 0.15) is 23.3 Å². The highest BCUT2D eigenvalue weighted by Gasteiger charge is 2.31. The van der Waals surface area contributed by atoms with Crippen molar-refractivity contribution < 1.29 is 18.1 Å². The number of nitrogens with zero attached hydrogens (tertiary/aromatic N) is 4. The Labute approximate surface area is 192 Å². The van der Waals surface area contributed by atoms with Crippen molar-refractivity contribution in [2.75, 3.05) is 25.5 Å². The standard InChI is InChI=1S/C22H25N5O5S/c1-25-14-11-23-22(25)21(17-7-3-4-8-20(17)32-2)24-18-10-9-16(15-19(18)27(28)29)33(30,31)26-12-5-6-13-26/h3-4,7-11,14-15,21,24H,5-6,12-13H2,1-2H3/t21-/m1/s1. The van der Waals surface area contributed by atoms with Crippen LogP contribution < -0.4 is 10.1 Å². The van der Waals surface area contributed by atoms with Crippen LogP contribution in [-0.4, -0.2) is 47.4 Å². The van der Waals surface area contributed by atoms with E-state index in [2.05, 4.69) is 10.3 Å². The molecule has 0 bridgehead atoms. The summed E-state index contributed by atoms with van der Waals surface area (Å²) in [5.74, 6) is 1.21. The molecule has 0 unspecified atom stereocenters. The van der Waals surface area contributed by atoms with Gasteiger partial charge in [0.15, 0.2) is 0 Å². The van der Waals surface area contributed by atoms with Crippen molar-refractivity contribution in [1.82, 2.24) is 13.9 Å². The number of nitro benzene ring substituents is 1. The van der Waals surface area contributed by atoms with Gasteiger partial charge in [0.2, 0.25) is 10.0 Å². The van der Waals surface area contributed by atoms with E-state index in [-0.39, 0.29) is 16.3 Å². The number of para-hydroxylation sites is 1. The smallest absolute Gasteiger partial charge is 0.293 e. The Morgan fingerprint density at radius 3 is 2.55 bits per heavy atom. The average molecular weight is 472 g/mol. The molecule has 2 heterocycles. The number of nitrogens with one attached hydrogen (secondary N) is 1. The van der Waals surface area contributed by atoms with E-state index in [4.69, 9.17) is 4.74 Å². The second kappa shape index (κ2) is 9.20. The summed E-state index contributed by atoms with van der Waals surface area (Å²) < 4.78 is 34.5. The van der Waals surface area contributed by atoms with Crippen LogP contribution in [0.4, 0.5) is 11.4 Å².